The van der Waals surface area contributed by atoms with Gasteiger partial charge in [0.05, 0.1) is 5.56 Å². The van der Waals surface area contributed by atoms with Crippen molar-refractivity contribution < 1.29 is 7.31 Å². The number of aromatic nitrogens is 1. The summed E-state index contributed by atoms with van der Waals surface area (Å²) in [5.74, 6) is 0. The van der Waals surface area contributed by atoms with Gasteiger partial charge in [-0.1, -0.05) is 69.3 Å². The van der Waals surface area contributed by atoms with E-state index in [0.29, 0.717) is 0 Å². The summed E-state index contributed by atoms with van der Waals surface area (Å²) in [6, 6.07) is 21.7. The predicted octanol–water partition coefficient (Wildman–Crippen LogP) is 7.22. The van der Waals surface area contributed by atoms with Gasteiger partial charge in [0.1, 0.15) is 7.05 Å². The van der Waals surface area contributed by atoms with Crippen LogP contribution in [0.25, 0.3) is 33.5 Å². The highest BCUT2D eigenvalue weighted by Crippen LogP contribution is 2.52. The average molecular weight is 433 g/mol. The molecule has 0 aliphatic heterocycles. The molecular weight excluding hydrogens is 398 g/mol. The number of hydrogen-bond donors (Lipinski definition) is 0. The molecule has 1 nitrogen and oxygen atoms in total. The van der Waals surface area contributed by atoms with E-state index in [4.69, 9.17) is 2.74 Å². The van der Waals surface area contributed by atoms with Crippen molar-refractivity contribution in [3.8, 4) is 33.5 Å². The SMILES string of the molecule is [2H]C([2H])(c1cc[n+](C)c(-c2c(C)c3c(c4c2Cc2ccccc2-4)Cc2ccccc2-3)c1)C(C)(C)C. The van der Waals surface area contributed by atoms with Crippen LogP contribution >= 0.6 is 0 Å². The summed E-state index contributed by atoms with van der Waals surface area (Å²) in [6.45, 7) is 8.20. The minimum absolute atomic E-state index is 0.506. The number of pyridine rings is 1. The van der Waals surface area contributed by atoms with Gasteiger partial charge in [-0.05, 0) is 87.2 Å². The molecule has 1 aromatic heterocycles. The van der Waals surface area contributed by atoms with Gasteiger partial charge in [-0.25, -0.2) is 4.57 Å². The molecule has 0 amide bonds. The van der Waals surface area contributed by atoms with Crippen LogP contribution in [0.15, 0.2) is 66.9 Å². The lowest BCUT2D eigenvalue weighted by molar-refractivity contribution is -0.660. The summed E-state index contributed by atoms with van der Waals surface area (Å²) in [5.41, 5.74) is 15.0. The molecule has 3 aromatic carbocycles. The molecule has 0 spiro atoms. The van der Waals surface area contributed by atoms with Crippen molar-refractivity contribution in [1.82, 2.24) is 0 Å². The Kier molecular flexibility index (Phi) is 3.96. The molecule has 2 aliphatic carbocycles. The van der Waals surface area contributed by atoms with E-state index in [9.17, 15) is 0 Å². The van der Waals surface area contributed by atoms with E-state index < -0.39 is 11.8 Å². The minimum Gasteiger partial charge on any atom is -0.201 e. The van der Waals surface area contributed by atoms with Crippen LogP contribution in [0.4, 0.5) is 0 Å². The van der Waals surface area contributed by atoms with Crippen LogP contribution < -0.4 is 4.57 Å². The molecule has 4 aromatic rings. The number of fused-ring (bicyclic) bond motifs is 7. The first-order valence-electron chi connectivity index (χ1n) is 12.9. The van der Waals surface area contributed by atoms with E-state index in [0.717, 1.165) is 24.1 Å². The fourth-order valence-electron chi connectivity index (χ4n) is 5.95. The molecule has 0 saturated heterocycles. The molecule has 0 saturated carbocycles. The third kappa shape index (κ3) is 3.17. The summed E-state index contributed by atoms with van der Waals surface area (Å²) >= 11 is 0. The molecule has 0 radical (unpaired) electrons. The van der Waals surface area contributed by atoms with Crippen molar-refractivity contribution in [3.63, 3.8) is 0 Å². The number of nitrogens with zero attached hydrogens (tertiary/aromatic N) is 1. The van der Waals surface area contributed by atoms with Crippen LogP contribution in [0.5, 0.6) is 0 Å². The fraction of sp³-hybridized carbons (Fsp3) is 0.281. The Labute approximate surface area is 200 Å². The van der Waals surface area contributed by atoms with Crippen molar-refractivity contribution >= 4 is 0 Å². The van der Waals surface area contributed by atoms with Crippen molar-refractivity contribution in [1.29, 1.82) is 0 Å². The van der Waals surface area contributed by atoms with Gasteiger partial charge >= 0.3 is 0 Å². The highest BCUT2D eigenvalue weighted by atomic mass is 14.9. The molecule has 1 heterocycles. The summed E-state index contributed by atoms with van der Waals surface area (Å²) < 4.78 is 20.0. The smallest absolute Gasteiger partial charge is 0.201 e. The maximum atomic E-state index is 8.94. The van der Waals surface area contributed by atoms with Gasteiger partial charge in [-0.3, -0.25) is 0 Å². The highest BCUT2D eigenvalue weighted by Gasteiger charge is 2.35. The molecule has 0 fully saturated rings. The summed E-state index contributed by atoms with van der Waals surface area (Å²) in [4.78, 5) is 0. The van der Waals surface area contributed by atoms with E-state index >= 15 is 0 Å². The Balaban J connectivity index is 1.69. The third-order valence-electron chi connectivity index (χ3n) is 7.19. The zero-order chi connectivity index (χ0) is 24.7. The number of aryl methyl sites for hydroxylation is 1. The first-order valence-corrected chi connectivity index (χ1v) is 11.9. The lowest BCUT2D eigenvalue weighted by Crippen LogP contribution is -2.31. The van der Waals surface area contributed by atoms with Crippen LogP contribution in [0, 0.1) is 12.3 Å². The standard InChI is InChI=1S/C32H32N/c1-20-29-24-12-8-6-10-22(24)17-26(29)31-25-13-9-7-11-23(25)18-27(31)30(20)28-16-21(14-15-33(28)5)19-32(2,3)4/h6-16H,17-19H2,1-5H3/q+1/i19D2. The molecule has 164 valence electrons. The summed E-state index contributed by atoms with van der Waals surface area (Å²) in [6.07, 6.45) is 2.48. The monoisotopic (exact) mass is 432 g/mol. The topological polar surface area (TPSA) is 3.88 Å². The van der Waals surface area contributed by atoms with Crippen LogP contribution in [0.1, 0.15) is 56.9 Å². The third-order valence-corrected chi connectivity index (χ3v) is 7.19. The summed E-state index contributed by atoms with van der Waals surface area (Å²) in [5, 5.41) is 0. The molecule has 33 heavy (non-hydrogen) atoms. The second-order valence-electron chi connectivity index (χ2n) is 10.7. The Morgan fingerprint density at radius 2 is 1.39 bits per heavy atom. The maximum absolute atomic E-state index is 8.94. The predicted molar refractivity (Wildman–Crippen MR) is 137 cm³/mol. The second-order valence-corrected chi connectivity index (χ2v) is 10.7. The summed E-state index contributed by atoms with van der Waals surface area (Å²) in [7, 11) is 2.08. The van der Waals surface area contributed by atoms with Gasteiger partial charge in [0, 0.05) is 14.9 Å². The average Bonchev–Trinajstić information content (AvgIpc) is 3.38. The van der Waals surface area contributed by atoms with Crippen molar-refractivity contribution in [2.75, 3.05) is 0 Å². The van der Waals surface area contributed by atoms with Crippen molar-refractivity contribution in [2.24, 2.45) is 12.5 Å². The number of benzene rings is 3. The van der Waals surface area contributed by atoms with Crippen LogP contribution in [-0.4, -0.2) is 0 Å². The van der Waals surface area contributed by atoms with E-state index in [1.165, 1.54) is 55.6 Å². The quantitative estimate of drug-likeness (QED) is 0.254. The van der Waals surface area contributed by atoms with Crippen LogP contribution in [-0.2, 0) is 26.3 Å². The van der Waals surface area contributed by atoms with Crippen LogP contribution in [0.2, 0.25) is 0 Å². The zero-order valence-electron chi connectivity index (χ0n) is 22.2. The van der Waals surface area contributed by atoms with Gasteiger partial charge in [0.25, 0.3) is 0 Å². The zero-order valence-corrected chi connectivity index (χ0v) is 20.2. The maximum Gasteiger partial charge on any atom is 0.213 e. The van der Waals surface area contributed by atoms with Gasteiger partial charge in [-0.15, -0.1) is 0 Å². The number of rotatable bonds is 2. The van der Waals surface area contributed by atoms with E-state index in [1.807, 2.05) is 33.0 Å². The van der Waals surface area contributed by atoms with Gasteiger partial charge in [-0.2, -0.15) is 0 Å². The Morgan fingerprint density at radius 1 is 0.818 bits per heavy atom. The molecule has 2 aliphatic rings. The van der Waals surface area contributed by atoms with Crippen molar-refractivity contribution in [3.05, 3.63) is 100 Å². The number of hydrogen-bond acceptors (Lipinski definition) is 0. The van der Waals surface area contributed by atoms with Gasteiger partial charge in [0.15, 0.2) is 6.20 Å². The van der Waals surface area contributed by atoms with Gasteiger partial charge in [0.2, 0.25) is 5.69 Å². The lowest BCUT2D eigenvalue weighted by Gasteiger charge is -2.20. The molecule has 0 atom stereocenters. The fourth-order valence-corrected chi connectivity index (χ4v) is 5.95. The molecule has 0 unspecified atom stereocenters. The molecule has 1 heteroatoms. The van der Waals surface area contributed by atoms with Gasteiger partial charge < -0.3 is 0 Å². The second kappa shape index (κ2) is 7.15. The lowest BCUT2D eigenvalue weighted by atomic mass is 9.84. The normalized spacial score (nSPS) is 14.8. The van der Waals surface area contributed by atoms with Crippen molar-refractivity contribution in [2.45, 2.75) is 46.9 Å². The molecule has 6 rings (SSSR count). The first kappa shape index (κ1) is 18.3. The van der Waals surface area contributed by atoms with E-state index in [1.54, 1.807) is 0 Å². The van der Waals surface area contributed by atoms with E-state index in [-0.39, 0.29) is 0 Å². The molecule has 0 bridgehead atoms. The first-order chi connectivity index (χ1) is 16.6. The Hall–Kier alpha value is -3.19. The Morgan fingerprint density at radius 3 is 2.03 bits per heavy atom. The molecular formula is C32H32N+. The highest BCUT2D eigenvalue weighted by molar-refractivity contribution is 5.97. The van der Waals surface area contributed by atoms with E-state index in [2.05, 4.69) is 73.1 Å². The Bertz CT molecular complexity index is 1520. The largest absolute Gasteiger partial charge is 0.213 e. The van der Waals surface area contributed by atoms with Crippen LogP contribution in [0.3, 0.4) is 0 Å². The molecule has 0 N–H and O–H groups in total. The minimum atomic E-state index is -1.45.